The summed E-state index contributed by atoms with van der Waals surface area (Å²) in [4.78, 5) is 11.0. The molecule has 2 aromatic carbocycles. The van der Waals surface area contributed by atoms with Crippen LogP contribution in [0, 0.1) is 13.8 Å². The Kier molecular flexibility index (Phi) is 4.63. The van der Waals surface area contributed by atoms with Crippen molar-refractivity contribution in [1.29, 1.82) is 0 Å². The summed E-state index contributed by atoms with van der Waals surface area (Å²) < 4.78 is 4.00. The van der Waals surface area contributed by atoms with Gasteiger partial charge in [-0.25, -0.2) is 14.5 Å². The summed E-state index contributed by atoms with van der Waals surface area (Å²) in [5.41, 5.74) is 4.72. The molecule has 0 spiro atoms. The summed E-state index contributed by atoms with van der Waals surface area (Å²) in [6, 6.07) is 11.7. The minimum Gasteiger partial charge on any atom is -0.507 e. The average Bonchev–Trinajstić information content (AvgIpc) is 3.27. The van der Waals surface area contributed by atoms with Crippen LogP contribution in [0.3, 0.4) is 0 Å². The van der Waals surface area contributed by atoms with Crippen molar-refractivity contribution in [3.63, 3.8) is 0 Å². The van der Waals surface area contributed by atoms with Crippen molar-refractivity contribution in [2.24, 2.45) is 0 Å². The first-order valence-corrected chi connectivity index (χ1v) is 10.7. The van der Waals surface area contributed by atoms with Crippen molar-refractivity contribution < 1.29 is 10.0 Å². The number of aromatic nitrogens is 5. The maximum absolute atomic E-state index is 10.6. The van der Waals surface area contributed by atoms with Crippen LogP contribution >= 0.6 is 0 Å². The summed E-state index contributed by atoms with van der Waals surface area (Å²) >= 11 is 0. The molecule has 0 bridgehead atoms. The van der Waals surface area contributed by atoms with E-state index in [0.29, 0.717) is 11.4 Å². The Morgan fingerprint density at radius 1 is 1.03 bits per heavy atom. The highest BCUT2D eigenvalue weighted by atomic mass is 16.3. The number of hydrogen-bond donors (Lipinski definition) is 2. The molecule has 31 heavy (non-hydrogen) atoms. The zero-order chi connectivity index (χ0) is 21.7. The van der Waals surface area contributed by atoms with Gasteiger partial charge in [-0.2, -0.15) is 0 Å². The molecule has 0 atom stereocenters. The molecule has 5 aromatic rings. The minimum atomic E-state index is 0.176. The fourth-order valence-electron chi connectivity index (χ4n) is 4.32. The predicted molar refractivity (Wildman–Crippen MR) is 123 cm³/mol. The Labute approximate surface area is 180 Å². The van der Waals surface area contributed by atoms with E-state index in [0.717, 1.165) is 47.0 Å². The topological polar surface area (TPSA) is 72.7 Å². The molecule has 0 unspecified atom stereocenters. The summed E-state index contributed by atoms with van der Waals surface area (Å²) in [5.74, 6) is 0.675. The number of quaternary nitrogens is 1. The van der Waals surface area contributed by atoms with Gasteiger partial charge in [-0.15, -0.1) is 5.10 Å². The first-order valence-electron chi connectivity index (χ1n) is 10.7. The number of aryl methyl sites for hydroxylation is 2. The second-order valence-corrected chi connectivity index (χ2v) is 8.54. The van der Waals surface area contributed by atoms with Crippen molar-refractivity contribution in [3.05, 3.63) is 54.0 Å². The normalized spacial score (nSPS) is 12.0. The van der Waals surface area contributed by atoms with E-state index >= 15 is 0 Å². The maximum atomic E-state index is 10.6. The van der Waals surface area contributed by atoms with E-state index in [1.54, 1.807) is 16.9 Å². The summed E-state index contributed by atoms with van der Waals surface area (Å²) in [7, 11) is 4.35. The number of nitrogens with zero attached hydrogens (tertiary/aromatic N) is 5. The van der Waals surface area contributed by atoms with Gasteiger partial charge in [-0.3, -0.25) is 0 Å². The first kappa shape index (κ1) is 19.5. The fourth-order valence-corrected chi connectivity index (χ4v) is 4.32. The lowest BCUT2D eigenvalue weighted by atomic mass is 10.1. The summed E-state index contributed by atoms with van der Waals surface area (Å²) in [5, 5.41) is 18.3. The van der Waals surface area contributed by atoms with Crippen molar-refractivity contribution >= 4 is 27.5 Å². The van der Waals surface area contributed by atoms with Gasteiger partial charge in [0.1, 0.15) is 17.7 Å². The molecular formula is C24H27N6O+. The third-order valence-corrected chi connectivity index (χ3v) is 6.11. The molecule has 0 saturated heterocycles. The van der Waals surface area contributed by atoms with Gasteiger partial charge in [0.2, 0.25) is 0 Å². The van der Waals surface area contributed by atoms with Gasteiger partial charge >= 0.3 is 0 Å². The largest absolute Gasteiger partial charge is 0.507 e. The number of benzene rings is 2. The Morgan fingerprint density at radius 2 is 1.77 bits per heavy atom. The molecule has 0 aliphatic rings. The third-order valence-electron chi connectivity index (χ3n) is 6.11. The Hall–Kier alpha value is -3.45. The van der Waals surface area contributed by atoms with E-state index in [4.69, 9.17) is 9.97 Å². The number of phenols is 1. The second-order valence-electron chi connectivity index (χ2n) is 8.54. The molecule has 7 heteroatoms. The van der Waals surface area contributed by atoms with E-state index in [-0.39, 0.29) is 5.75 Å². The van der Waals surface area contributed by atoms with Crippen molar-refractivity contribution in [3.8, 4) is 17.1 Å². The monoisotopic (exact) mass is 415 g/mol. The smallest absolute Gasteiger partial charge is 0.185 e. The molecule has 7 nitrogen and oxygen atoms in total. The molecular weight excluding hydrogens is 388 g/mol. The number of phenolic OH excluding ortho intramolecular Hbond substituents is 1. The lowest BCUT2D eigenvalue weighted by Crippen LogP contribution is -3.05. The Bertz CT molecular complexity index is 1430. The molecule has 0 aliphatic heterocycles. The van der Waals surface area contributed by atoms with Gasteiger partial charge < -0.3 is 14.6 Å². The lowest BCUT2D eigenvalue weighted by molar-refractivity contribution is -0.858. The zero-order valence-corrected chi connectivity index (χ0v) is 18.3. The second kappa shape index (κ2) is 7.35. The van der Waals surface area contributed by atoms with Crippen LogP contribution in [0.1, 0.15) is 17.7 Å². The SMILES string of the molecule is Cc1c(C)n(CCC[NH+](C)C)c2ncn3nc(-c4cc5ccccc5cc4O)nc3c12. The molecule has 0 fully saturated rings. The minimum absolute atomic E-state index is 0.176. The van der Waals surface area contributed by atoms with Gasteiger partial charge in [-0.1, -0.05) is 24.3 Å². The van der Waals surface area contributed by atoms with Crippen LogP contribution in [-0.2, 0) is 6.54 Å². The van der Waals surface area contributed by atoms with E-state index < -0.39 is 0 Å². The zero-order valence-electron chi connectivity index (χ0n) is 18.3. The molecule has 158 valence electrons. The van der Waals surface area contributed by atoms with Crippen molar-refractivity contribution in [2.45, 2.75) is 26.8 Å². The maximum Gasteiger partial charge on any atom is 0.185 e. The van der Waals surface area contributed by atoms with Crippen LogP contribution < -0.4 is 4.90 Å². The van der Waals surface area contributed by atoms with Gasteiger partial charge in [0.25, 0.3) is 0 Å². The van der Waals surface area contributed by atoms with E-state index in [1.165, 1.54) is 16.2 Å². The highest BCUT2D eigenvalue weighted by Gasteiger charge is 2.19. The van der Waals surface area contributed by atoms with Gasteiger partial charge in [0.15, 0.2) is 11.5 Å². The standard InChI is InChI=1S/C24H26N6O/c1-15-16(2)29(11-7-10-28(3)4)23-21(15)24-26-22(27-30(24)14-25-23)19-12-17-8-5-6-9-18(17)13-20(19)31/h5-6,8-9,12-14,31H,7,10-11H2,1-4H3/p+1. The van der Waals surface area contributed by atoms with Crippen LogP contribution in [0.4, 0.5) is 0 Å². The Balaban J connectivity index is 1.65. The number of rotatable bonds is 5. The summed E-state index contributed by atoms with van der Waals surface area (Å²) in [6.45, 7) is 6.30. The highest BCUT2D eigenvalue weighted by Crippen LogP contribution is 2.33. The van der Waals surface area contributed by atoms with Crippen molar-refractivity contribution in [2.75, 3.05) is 20.6 Å². The van der Waals surface area contributed by atoms with Crippen molar-refractivity contribution in [1.82, 2.24) is 24.1 Å². The third kappa shape index (κ3) is 3.21. The summed E-state index contributed by atoms with van der Waals surface area (Å²) in [6.07, 6.45) is 2.81. The molecule has 0 radical (unpaired) electrons. The Morgan fingerprint density at radius 3 is 2.52 bits per heavy atom. The van der Waals surface area contributed by atoms with Crippen LogP contribution in [0.2, 0.25) is 0 Å². The molecule has 2 N–H and O–H groups in total. The molecule has 3 heterocycles. The highest BCUT2D eigenvalue weighted by molar-refractivity contribution is 5.95. The number of aromatic hydroxyl groups is 1. The molecule has 5 rings (SSSR count). The van der Waals surface area contributed by atoms with Gasteiger partial charge in [0, 0.05) is 18.7 Å². The average molecular weight is 416 g/mol. The van der Waals surface area contributed by atoms with E-state index in [1.807, 2.05) is 30.3 Å². The van der Waals surface area contributed by atoms with Gasteiger partial charge in [0.05, 0.1) is 31.6 Å². The molecule has 0 aliphatic carbocycles. The predicted octanol–water partition coefficient (Wildman–Crippen LogP) is 2.76. The number of fused-ring (bicyclic) bond motifs is 4. The molecule has 0 amide bonds. The van der Waals surface area contributed by atoms with Crippen LogP contribution in [0.15, 0.2) is 42.7 Å². The van der Waals surface area contributed by atoms with Crippen LogP contribution in [0.25, 0.3) is 38.8 Å². The molecule has 0 saturated carbocycles. The van der Waals surface area contributed by atoms with E-state index in [9.17, 15) is 5.11 Å². The fraction of sp³-hybridized carbons (Fsp3) is 0.292. The lowest BCUT2D eigenvalue weighted by Gasteiger charge is -2.10. The van der Waals surface area contributed by atoms with Crippen LogP contribution in [0.5, 0.6) is 5.75 Å². The first-order chi connectivity index (χ1) is 14.9. The quantitative estimate of drug-likeness (QED) is 0.463. The molecule has 3 aromatic heterocycles. The number of nitrogens with one attached hydrogen (secondary N) is 1. The number of hydrogen-bond acceptors (Lipinski definition) is 4. The van der Waals surface area contributed by atoms with Gasteiger partial charge in [-0.05, 0) is 42.3 Å². The van der Waals surface area contributed by atoms with Crippen LogP contribution in [-0.4, -0.2) is 49.9 Å². The van der Waals surface area contributed by atoms with E-state index in [2.05, 4.69) is 37.6 Å².